The van der Waals surface area contributed by atoms with Crippen LogP contribution in [0.1, 0.15) is 11.8 Å². The van der Waals surface area contributed by atoms with E-state index in [2.05, 4.69) is 27.1 Å². The number of hydrogen-bond acceptors (Lipinski definition) is 6. The molecule has 0 fully saturated rings. The number of nitrogens with zero attached hydrogens (tertiary/aromatic N) is 3. The van der Waals surface area contributed by atoms with Crippen LogP contribution in [0.5, 0.6) is 5.88 Å². The van der Waals surface area contributed by atoms with Gasteiger partial charge in [-0.15, -0.1) is 16.8 Å². The zero-order valence-electron chi connectivity index (χ0n) is 13.7. The number of thioether (sulfide) groups is 1. The van der Waals surface area contributed by atoms with Gasteiger partial charge in [0.05, 0.1) is 0 Å². The highest BCUT2D eigenvalue weighted by Gasteiger charge is 2.25. The van der Waals surface area contributed by atoms with E-state index in [4.69, 9.17) is 4.74 Å². The summed E-state index contributed by atoms with van der Waals surface area (Å²) in [5.41, 5.74) is 3.06. The van der Waals surface area contributed by atoms with Crippen LogP contribution in [0.3, 0.4) is 0 Å². The average molecular weight is 366 g/mol. The second-order valence-corrected chi connectivity index (χ2v) is 6.57. The number of halogens is 1. The summed E-state index contributed by atoms with van der Waals surface area (Å²) < 4.78 is 19.4. The van der Waals surface area contributed by atoms with E-state index >= 15 is 0 Å². The Hall–Kier alpha value is -2.93. The van der Waals surface area contributed by atoms with Gasteiger partial charge >= 0.3 is 0 Å². The Balaban J connectivity index is 1.79. The molecule has 2 aromatic carbocycles. The lowest BCUT2D eigenvalue weighted by molar-refractivity contribution is 0.225. The summed E-state index contributed by atoms with van der Waals surface area (Å²) in [6.07, 6.45) is 1.26. The fourth-order valence-electron chi connectivity index (χ4n) is 2.63. The van der Waals surface area contributed by atoms with Crippen molar-refractivity contribution in [2.45, 2.75) is 11.4 Å². The Morgan fingerprint density at radius 3 is 2.77 bits per heavy atom. The van der Waals surface area contributed by atoms with E-state index in [1.807, 2.05) is 24.3 Å². The third-order valence-corrected chi connectivity index (χ3v) is 4.67. The van der Waals surface area contributed by atoms with Crippen molar-refractivity contribution >= 4 is 17.4 Å². The van der Waals surface area contributed by atoms with Gasteiger partial charge in [0, 0.05) is 22.6 Å². The van der Waals surface area contributed by atoms with Gasteiger partial charge in [0.25, 0.3) is 0 Å². The first-order chi connectivity index (χ1) is 12.7. The van der Waals surface area contributed by atoms with Gasteiger partial charge in [-0.2, -0.15) is 4.98 Å². The van der Waals surface area contributed by atoms with Gasteiger partial charge in [-0.25, -0.2) is 4.39 Å². The standard InChI is InChI=1S/C19H15FN4OS/c1-2-11-26-19-22-18-16(23-24-19)14-5-3-4-6-15(14)21-17(25-18)12-7-9-13(20)10-8-12/h2-10,17,21H,1,11H2/t17-/m1/s1. The lowest BCUT2D eigenvalue weighted by Gasteiger charge is -2.19. The molecule has 26 heavy (non-hydrogen) atoms. The first kappa shape index (κ1) is 16.5. The minimum absolute atomic E-state index is 0.296. The summed E-state index contributed by atoms with van der Waals surface area (Å²) in [7, 11) is 0. The molecule has 3 aromatic rings. The third-order valence-electron chi connectivity index (χ3n) is 3.84. The second kappa shape index (κ2) is 7.13. The van der Waals surface area contributed by atoms with E-state index in [1.54, 1.807) is 18.2 Å². The predicted octanol–water partition coefficient (Wildman–Crippen LogP) is 4.46. The Kier molecular flexibility index (Phi) is 4.53. The molecule has 0 saturated heterocycles. The van der Waals surface area contributed by atoms with E-state index in [-0.39, 0.29) is 5.82 Å². The van der Waals surface area contributed by atoms with Crippen molar-refractivity contribution in [1.29, 1.82) is 0 Å². The molecule has 5 nitrogen and oxygen atoms in total. The molecule has 1 aliphatic rings. The maximum Gasteiger partial charge on any atom is 0.247 e. The van der Waals surface area contributed by atoms with E-state index < -0.39 is 6.23 Å². The Bertz CT molecular complexity index is 949. The highest BCUT2D eigenvalue weighted by Crippen LogP contribution is 2.39. The van der Waals surface area contributed by atoms with Crippen LogP contribution in [-0.4, -0.2) is 20.9 Å². The summed E-state index contributed by atoms with van der Waals surface area (Å²) in [5, 5.41) is 12.3. The molecule has 0 radical (unpaired) electrons. The fourth-order valence-corrected chi connectivity index (χ4v) is 3.14. The molecule has 1 N–H and O–H groups in total. The quantitative estimate of drug-likeness (QED) is 0.543. The number of benzene rings is 2. The number of aromatic nitrogens is 3. The molecule has 7 heteroatoms. The second-order valence-electron chi connectivity index (χ2n) is 5.59. The molecule has 0 spiro atoms. The normalized spacial score (nSPS) is 15.0. The van der Waals surface area contributed by atoms with Crippen molar-refractivity contribution < 1.29 is 9.13 Å². The van der Waals surface area contributed by atoms with Gasteiger partial charge in [-0.05, 0) is 18.2 Å². The van der Waals surface area contributed by atoms with Crippen molar-refractivity contribution in [1.82, 2.24) is 15.2 Å². The van der Waals surface area contributed by atoms with Crippen molar-refractivity contribution in [2.75, 3.05) is 11.1 Å². The monoisotopic (exact) mass is 366 g/mol. The Labute approximate surface area is 154 Å². The van der Waals surface area contributed by atoms with E-state index in [0.717, 1.165) is 16.8 Å². The SMILES string of the molecule is C=CCSc1nnc2c(n1)O[C@H](c1ccc(F)cc1)Nc1ccccc1-2. The van der Waals surface area contributed by atoms with Crippen molar-refractivity contribution in [2.24, 2.45) is 0 Å². The molecule has 0 aliphatic carbocycles. The van der Waals surface area contributed by atoms with Gasteiger partial charge < -0.3 is 10.1 Å². The highest BCUT2D eigenvalue weighted by atomic mass is 32.2. The summed E-state index contributed by atoms with van der Waals surface area (Å²) >= 11 is 1.43. The number of nitrogens with one attached hydrogen (secondary N) is 1. The molecule has 1 aliphatic heterocycles. The van der Waals surface area contributed by atoms with Crippen LogP contribution < -0.4 is 10.1 Å². The zero-order chi connectivity index (χ0) is 17.9. The average Bonchev–Trinajstić information content (AvgIpc) is 2.83. The number of ether oxygens (including phenoxy) is 1. The Morgan fingerprint density at radius 1 is 1.15 bits per heavy atom. The molecule has 1 aromatic heterocycles. The molecule has 130 valence electrons. The van der Waals surface area contributed by atoms with Gasteiger partial charge in [0.15, 0.2) is 11.9 Å². The highest BCUT2D eigenvalue weighted by molar-refractivity contribution is 7.99. The van der Waals surface area contributed by atoms with Gasteiger partial charge in [0.1, 0.15) is 5.82 Å². The Morgan fingerprint density at radius 2 is 1.96 bits per heavy atom. The van der Waals surface area contributed by atoms with Crippen LogP contribution in [-0.2, 0) is 0 Å². The minimum atomic E-state index is -0.521. The van der Waals surface area contributed by atoms with Crippen molar-refractivity contribution in [3.05, 3.63) is 72.6 Å². The van der Waals surface area contributed by atoms with E-state index in [0.29, 0.717) is 22.5 Å². The van der Waals surface area contributed by atoms with Crippen LogP contribution >= 0.6 is 11.8 Å². The molecule has 0 amide bonds. The molecular formula is C19H15FN4OS. The third kappa shape index (κ3) is 3.25. The summed E-state index contributed by atoms with van der Waals surface area (Å²) in [5.74, 6) is 0.769. The number of anilines is 1. The smallest absolute Gasteiger partial charge is 0.247 e. The minimum Gasteiger partial charge on any atom is -0.448 e. The number of hydrogen-bond donors (Lipinski definition) is 1. The van der Waals surface area contributed by atoms with Crippen LogP contribution in [0.4, 0.5) is 10.1 Å². The summed E-state index contributed by atoms with van der Waals surface area (Å²) in [6, 6.07) is 13.9. The van der Waals surface area contributed by atoms with Crippen LogP contribution in [0.15, 0.2) is 66.3 Å². The number of para-hydroxylation sites is 1. The molecular weight excluding hydrogens is 351 g/mol. The van der Waals surface area contributed by atoms with Crippen LogP contribution in [0.25, 0.3) is 11.3 Å². The topological polar surface area (TPSA) is 59.9 Å². The maximum absolute atomic E-state index is 13.3. The summed E-state index contributed by atoms with van der Waals surface area (Å²) in [6.45, 7) is 3.70. The van der Waals surface area contributed by atoms with E-state index in [9.17, 15) is 4.39 Å². The van der Waals surface area contributed by atoms with Crippen molar-refractivity contribution in [3.63, 3.8) is 0 Å². The maximum atomic E-state index is 13.3. The first-order valence-corrected chi connectivity index (χ1v) is 8.99. The molecule has 2 heterocycles. The number of rotatable bonds is 4. The molecule has 0 saturated carbocycles. The largest absolute Gasteiger partial charge is 0.448 e. The van der Waals surface area contributed by atoms with Gasteiger partial charge in [0.2, 0.25) is 11.0 Å². The molecule has 0 bridgehead atoms. The zero-order valence-corrected chi connectivity index (χ0v) is 14.5. The summed E-state index contributed by atoms with van der Waals surface area (Å²) in [4.78, 5) is 4.51. The number of fused-ring (bicyclic) bond motifs is 3. The van der Waals surface area contributed by atoms with Crippen LogP contribution in [0, 0.1) is 5.82 Å². The van der Waals surface area contributed by atoms with Crippen LogP contribution in [0.2, 0.25) is 0 Å². The molecule has 4 rings (SSSR count). The molecule has 1 atom stereocenters. The lowest BCUT2D eigenvalue weighted by atomic mass is 10.1. The van der Waals surface area contributed by atoms with Gasteiger partial charge in [-0.3, -0.25) is 0 Å². The van der Waals surface area contributed by atoms with E-state index in [1.165, 1.54) is 23.9 Å². The molecule has 0 unspecified atom stereocenters. The predicted molar refractivity (Wildman–Crippen MR) is 99.6 cm³/mol. The fraction of sp³-hybridized carbons (Fsp3) is 0.105. The van der Waals surface area contributed by atoms with Crippen molar-refractivity contribution in [3.8, 4) is 17.1 Å². The van der Waals surface area contributed by atoms with Gasteiger partial charge in [-0.1, -0.05) is 48.2 Å². The first-order valence-electron chi connectivity index (χ1n) is 8.01. The lowest BCUT2D eigenvalue weighted by Crippen LogP contribution is -2.17.